The van der Waals surface area contributed by atoms with Gasteiger partial charge in [0.2, 0.25) is 0 Å². The van der Waals surface area contributed by atoms with Crippen LogP contribution in [0.3, 0.4) is 0 Å². The molecule has 0 aliphatic rings. The highest BCUT2D eigenvalue weighted by atomic mass is 35.5. The number of aromatic nitrogens is 1. The maximum absolute atomic E-state index is 13.6. The second-order valence-electron chi connectivity index (χ2n) is 5.15. The van der Waals surface area contributed by atoms with Crippen molar-refractivity contribution in [1.29, 1.82) is 0 Å². The standard InChI is InChI=1S/C18H12Cl2FN3O/c19-12-5-6-14(20)17(8-12)23-13-7-11(9-22-10-13)18(25)24-16-4-2-1-3-15(16)21/h1-10,23H,(H,24,25). The summed E-state index contributed by atoms with van der Waals surface area (Å²) in [4.78, 5) is 16.3. The number of hydrogen-bond donors (Lipinski definition) is 2. The summed E-state index contributed by atoms with van der Waals surface area (Å²) in [6.45, 7) is 0. The fraction of sp³-hybridized carbons (Fsp3) is 0. The van der Waals surface area contributed by atoms with Crippen molar-refractivity contribution in [3.63, 3.8) is 0 Å². The molecular weight excluding hydrogens is 364 g/mol. The lowest BCUT2D eigenvalue weighted by Crippen LogP contribution is -2.13. The first-order valence-electron chi connectivity index (χ1n) is 7.26. The molecule has 0 saturated carbocycles. The van der Waals surface area contributed by atoms with E-state index in [1.165, 1.54) is 24.5 Å². The third kappa shape index (κ3) is 4.26. The van der Waals surface area contributed by atoms with Crippen LogP contribution in [0.15, 0.2) is 60.9 Å². The smallest absolute Gasteiger partial charge is 0.257 e. The minimum Gasteiger partial charge on any atom is -0.353 e. The molecule has 0 spiro atoms. The Labute approximate surface area is 153 Å². The van der Waals surface area contributed by atoms with E-state index in [0.29, 0.717) is 21.4 Å². The molecule has 25 heavy (non-hydrogen) atoms. The maximum Gasteiger partial charge on any atom is 0.257 e. The Morgan fingerprint density at radius 1 is 1.00 bits per heavy atom. The molecule has 1 amide bonds. The van der Waals surface area contributed by atoms with Gasteiger partial charge in [-0.05, 0) is 36.4 Å². The number of amides is 1. The quantitative estimate of drug-likeness (QED) is 0.630. The van der Waals surface area contributed by atoms with E-state index in [4.69, 9.17) is 23.2 Å². The van der Waals surface area contributed by atoms with E-state index in [1.807, 2.05) is 0 Å². The lowest BCUT2D eigenvalue weighted by molar-refractivity contribution is 0.102. The van der Waals surface area contributed by atoms with Crippen LogP contribution < -0.4 is 10.6 Å². The monoisotopic (exact) mass is 375 g/mol. The molecule has 0 saturated heterocycles. The van der Waals surface area contributed by atoms with Gasteiger partial charge in [-0.25, -0.2) is 4.39 Å². The van der Waals surface area contributed by atoms with Gasteiger partial charge in [0.15, 0.2) is 0 Å². The summed E-state index contributed by atoms with van der Waals surface area (Å²) in [7, 11) is 0. The number of nitrogens with zero attached hydrogens (tertiary/aromatic N) is 1. The first kappa shape index (κ1) is 17.2. The van der Waals surface area contributed by atoms with E-state index in [-0.39, 0.29) is 11.3 Å². The van der Waals surface area contributed by atoms with Crippen LogP contribution in [0, 0.1) is 5.82 Å². The Bertz CT molecular complexity index is 934. The molecule has 4 nitrogen and oxygen atoms in total. The molecule has 0 aliphatic heterocycles. The van der Waals surface area contributed by atoms with Gasteiger partial charge in [0, 0.05) is 11.2 Å². The number of hydrogen-bond acceptors (Lipinski definition) is 3. The van der Waals surface area contributed by atoms with Gasteiger partial charge in [-0.3, -0.25) is 9.78 Å². The van der Waals surface area contributed by atoms with Gasteiger partial charge in [0.1, 0.15) is 5.82 Å². The van der Waals surface area contributed by atoms with Gasteiger partial charge in [-0.2, -0.15) is 0 Å². The van der Waals surface area contributed by atoms with Crippen LogP contribution in [0.4, 0.5) is 21.5 Å². The lowest BCUT2D eigenvalue weighted by Gasteiger charge is -2.10. The van der Waals surface area contributed by atoms with E-state index in [1.54, 1.807) is 36.4 Å². The lowest BCUT2D eigenvalue weighted by atomic mass is 10.2. The van der Waals surface area contributed by atoms with Crippen molar-refractivity contribution in [1.82, 2.24) is 4.98 Å². The molecule has 1 aromatic heterocycles. The summed E-state index contributed by atoms with van der Waals surface area (Å²) >= 11 is 12.1. The average molecular weight is 376 g/mol. The number of nitrogens with one attached hydrogen (secondary N) is 2. The van der Waals surface area contributed by atoms with Crippen LogP contribution in [0.25, 0.3) is 0 Å². The molecule has 2 N–H and O–H groups in total. The average Bonchev–Trinajstić information content (AvgIpc) is 2.60. The zero-order valence-electron chi connectivity index (χ0n) is 12.8. The first-order chi connectivity index (χ1) is 12.0. The number of pyridine rings is 1. The summed E-state index contributed by atoms with van der Waals surface area (Å²) in [6, 6.07) is 12.5. The van der Waals surface area contributed by atoms with Gasteiger partial charge in [0.05, 0.1) is 33.8 Å². The van der Waals surface area contributed by atoms with E-state index >= 15 is 0 Å². The molecule has 3 rings (SSSR count). The van der Waals surface area contributed by atoms with Crippen molar-refractivity contribution < 1.29 is 9.18 Å². The fourth-order valence-corrected chi connectivity index (χ4v) is 2.48. The van der Waals surface area contributed by atoms with Gasteiger partial charge in [-0.1, -0.05) is 35.3 Å². The number of benzene rings is 2. The molecule has 0 fully saturated rings. The Kier molecular flexibility index (Phi) is 5.16. The predicted octanol–water partition coefficient (Wildman–Crippen LogP) is 5.52. The maximum atomic E-state index is 13.6. The van der Waals surface area contributed by atoms with Crippen molar-refractivity contribution in [3.8, 4) is 0 Å². The highest BCUT2D eigenvalue weighted by Crippen LogP contribution is 2.28. The molecule has 0 unspecified atom stereocenters. The van der Waals surface area contributed by atoms with Crippen molar-refractivity contribution >= 4 is 46.2 Å². The first-order valence-corrected chi connectivity index (χ1v) is 8.01. The number of para-hydroxylation sites is 1. The van der Waals surface area contributed by atoms with Crippen molar-refractivity contribution in [2.75, 3.05) is 10.6 Å². The predicted molar refractivity (Wildman–Crippen MR) is 98.3 cm³/mol. The fourth-order valence-electron chi connectivity index (χ4n) is 2.14. The molecule has 126 valence electrons. The Morgan fingerprint density at radius 3 is 2.60 bits per heavy atom. The molecule has 0 radical (unpaired) electrons. The van der Waals surface area contributed by atoms with Crippen LogP contribution in [0.1, 0.15) is 10.4 Å². The van der Waals surface area contributed by atoms with Crippen LogP contribution in [0.2, 0.25) is 10.0 Å². The van der Waals surface area contributed by atoms with Crippen LogP contribution in [0.5, 0.6) is 0 Å². The number of anilines is 3. The summed E-state index contributed by atoms with van der Waals surface area (Å²) in [5, 5.41) is 6.56. The number of carbonyl (C=O) groups is 1. The third-order valence-corrected chi connectivity index (χ3v) is 3.89. The second kappa shape index (κ2) is 7.51. The van der Waals surface area contributed by atoms with E-state index in [0.717, 1.165) is 0 Å². The Hall–Kier alpha value is -2.63. The molecule has 3 aromatic rings. The number of rotatable bonds is 4. The highest BCUT2D eigenvalue weighted by molar-refractivity contribution is 6.35. The normalized spacial score (nSPS) is 10.4. The highest BCUT2D eigenvalue weighted by Gasteiger charge is 2.11. The van der Waals surface area contributed by atoms with Crippen LogP contribution >= 0.6 is 23.2 Å². The van der Waals surface area contributed by atoms with Gasteiger partial charge >= 0.3 is 0 Å². The summed E-state index contributed by atoms with van der Waals surface area (Å²) in [5.41, 5.74) is 1.50. The zero-order valence-corrected chi connectivity index (χ0v) is 14.3. The van der Waals surface area contributed by atoms with E-state index in [9.17, 15) is 9.18 Å². The summed E-state index contributed by atoms with van der Waals surface area (Å²) < 4.78 is 13.6. The summed E-state index contributed by atoms with van der Waals surface area (Å²) in [5.74, 6) is -0.984. The molecule has 0 atom stereocenters. The van der Waals surface area contributed by atoms with E-state index < -0.39 is 11.7 Å². The van der Waals surface area contributed by atoms with Crippen LogP contribution in [-0.2, 0) is 0 Å². The SMILES string of the molecule is O=C(Nc1ccccc1F)c1cncc(Nc2cc(Cl)ccc2Cl)c1. The van der Waals surface area contributed by atoms with Crippen LogP contribution in [-0.4, -0.2) is 10.9 Å². The number of halogens is 3. The van der Waals surface area contributed by atoms with Gasteiger partial charge < -0.3 is 10.6 Å². The molecular formula is C18H12Cl2FN3O. The van der Waals surface area contributed by atoms with Crippen molar-refractivity contribution in [2.45, 2.75) is 0 Å². The van der Waals surface area contributed by atoms with Crippen molar-refractivity contribution in [3.05, 3.63) is 82.4 Å². The van der Waals surface area contributed by atoms with Gasteiger partial charge in [-0.15, -0.1) is 0 Å². The molecule has 7 heteroatoms. The zero-order chi connectivity index (χ0) is 17.8. The second-order valence-corrected chi connectivity index (χ2v) is 5.99. The Balaban J connectivity index is 1.80. The van der Waals surface area contributed by atoms with E-state index in [2.05, 4.69) is 15.6 Å². The van der Waals surface area contributed by atoms with Gasteiger partial charge in [0.25, 0.3) is 5.91 Å². The Morgan fingerprint density at radius 2 is 1.80 bits per heavy atom. The summed E-state index contributed by atoms with van der Waals surface area (Å²) in [6.07, 6.45) is 2.93. The molecule has 0 aliphatic carbocycles. The third-order valence-electron chi connectivity index (χ3n) is 3.33. The number of carbonyl (C=O) groups excluding carboxylic acids is 1. The minimum absolute atomic E-state index is 0.101. The van der Waals surface area contributed by atoms with Crippen molar-refractivity contribution in [2.24, 2.45) is 0 Å². The largest absolute Gasteiger partial charge is 0.353 e. The molecule has 0 bridgehead atoms. The minimum atomic E-state index is -0.510. The topological polar surface area (TPSA) is 54.0 Å². The molecule has 2 aromatic carbocycles. The molecule has 1 heterocycles.